The summed E-state index contributed by atoms with van der Waals surface area (Å²) < 4.78 is 28.6. The summed E-state index contributed by atoms with van der Waals surface area (Å²) >= 11 is 12.3. The number of rotatable bonds is 6. The number of anilines is 1. The largest absolute Gasteiger partial charge is 0.280 e. The van der Waals surface area contributed by atoms with Gasteiger partial charge in [0.15, 0.2) is 0 Å². The second-order valence-electron chi connectivity index (χ2n) is 5.47. The van der Waals surface area contributed by atoms with Crippen LogP contribution in [0.2, 0.25) is 10.0 Å². The molecule has 3 rings (SSSR count). The zero-order valence-corrected chi connectivity index (χ0v) is 15.4. The van der Waals surface area contributed by atoms with E-state index < -0.39 is 10.0 Å². The Kier molecular flexibility index (Phi) is 5.32. The van der Waals surface area contributed by atoms with E-state index in [9.17, 15) is 8.42 Å². The molecule has 0 saturated carbocycles. The topological polar surface area (TPSA) is 64.0 Å². The van der Waals surface area contributed by atoms with Gasteiger partial charge in [0.1, 0.15) is 0 Å². The molecule has 0 aliphatic heterocycles. The molecule has 0 saturated heterocycles. The smallest absolute Gasteiger partial charge is 0.237 e. The fourth-order valence-electron chi connectivity index (χ4n) is 2.36. The Morgan fingerprint density at radius 1 is 1.00 bits per heavy atom. The van der Waals surface area contributed by atoms with Crippen LogP contribution < -0.4 is 4.72 Å². The Labute approximate surface area is 156 Å². The summed E-state index contributed by atoms with van der Waals surface area (Å²) in [6, 6.07) is 14.2. The van der Waals surface area contributed by atoms with Crippen molar-refractivity contribution < 1.29 is 8.42 Å². The van der Waals surface area contributed by atoms with Crippen molar-refractivity contribution in [3.63, 3.8) is 0 Å². The lowest BCUT2D eigenvalue weighted by molar-refractivity contribution is 0.600. The third-order valence-electron chi connectivity index (χ3n) is 3.49. The van der Waals surface area contributed by atoms with Crippen molar-refractivity contribution in [2.45, 2.75) is 12.3 Å². The van der Waals surface area contributed by atoms with E-state index in [-0.39, 0.29) is 5.75 Å². The van der Waals surface area contributed by atoms with Crippen molar-refractivity contribution in [2.75, 3.05) is 4.72 Å². The van der Waals surface area contributed by atoms with Gasteiger partial charge in [0.25, 0.3) is 0 Å². The standard InChI is InChI=1S/C17H15Cl2N3O2S/c18-16-7-4-8-17(19)15(16)11-22-10-14(9-20-22)21-25(23,24)12-13-5-2-1-3-6-13/h1-10,21H,11-12H2. The van der Waals surface area contributed by atoms with E-state index in [1.807, 2.05) is 6.07 Å². The molecule has 25 heavy (non-hydrogen) atoms. The summed E-state index contributed by atoms with van der Waals surface area (Å²) in [6.45, 7) is 0.346. The van der Waals surface area contributed by atoms with Crippen LogP contribution in [0, 0.1) is 0 Å². The van der Waals surface area contributed by atoms with Crippen LogP contribution in [0.1, 0.15) is 11.1 Å². The molecule has 0 amide bonds. The lowest BCUT2D eigenvalue weighted by Crippen LogP contribution is -2.14. The van der Waals surface area contributed by atoms with Gasteiger partial charge in [-0.05, 0) is 17.7 Å². The SMILES string of the molecule is O=S(=O)(Cc1ccccc1)Nc1cnn(Cc2c(Cl)cccc2Cl)c1. The Morgan fingerprint density at radius 3 is 2.36 bits per heavy atom. The Hall–Kier alpha value is -2.02. The lowest BCUT2D eigenvalue weighted by atomic mass is 10.2. The summed E-state index contributed by atoms with van der Waals surface area (Å²) in [5, 5.41) is 5.23. The molecular formula is C17H15Cl2N3O2S. The molecule has 0 bridgehead atoms. The minimum atomic E-state index is -3.52. The van der Waals surface area contributed by atoms with Gasteiger partial charge in [0, 0.05) is 21.8 Å². The molecule has 0 aliphatic carbocycles. The first-order valence-electron chi connectivity index (χ1n) is 7.43. The molecule has 3 aromatic rings. The van der Waals surface area contributed by atoms with Gasteiger partial charge >= 0.3 is 0 Å². The van der Waals surface area contributed by atoms with E-state index in [4.69, 9.17) is 23.2 Å². The molecule has 1 N–H and O–H groups in total. The molecule has 1 heterocycles. The van der Waals surface area contributed by atoms with Crippen molar-refractivity contribution in [2.24, 2.45) is 0 Å². The summed E-state index contributed by atoms with van der Waals surface area (Å²) in [4.78, 5) is 0. The summed E-state index contributed by atoms with van der Waals surface area (Å²) in [7, 11) is -3.52. The third kappa shape index (κ3) is 4.75. The molecule has 0 spiro atoms. The number of nitrogens with one attached hydrogen (secondary N) is 1. The number of nitrogens with zero attached hydrogens (tertiary/aromatic N) is 2. The summed E-state index contributed by atoms with van der Waals surface area (Å²) in [5.41, 5.74) is 1.83. The second kappa shape index (κ2) is 7.47. The Balaban J connectivity index is 1.71. The number of benzene rings is 2. The first kappa shape index (κ1) is 17.8. The normalized spacial score (nSPS) is 11.4. The molecule has 0 unspecified atom stereocenters. The number of aromatic nitrogens is 2. The van der Waals surface area contributed by atoms with E-state index in [2.05, 4.69) is 9.82 Å². The van der Waals surface area contributed by atoms with E-state index in [0.29, 0.717) is 27.8 Å². The van der Waals surface area contributed by atoms with Crippen molar-refractivity contribution in [1.29, 1.82) is 0 Å². The van der Waals surface area contributed by atoms with Crippen molar-refractivity contribution in [1.82, 2.24) is 9.78 Å². The van der Waals surface area contributed by atoms with Crippen LogP contribution in [0.3, 0.4) is 0 Å². The first-order chi connectivity index (χ1) is 11.9. The molecule has 0 fully saturated rings. The predicted molar refractivity (Wildman–Crippen MR) is 100 cm³/mol. The minimum Gasteiger partial charge on any atom is -0.280 e. The molecular weight excluding hydrogens is 381 g/mol. The molecule has 130 valence electrons. The Morgan fingerprint density at radius 2 is 1.68 bits per heavy atom. The fourth-order valence-corrected chi connectivity index (χ4v) is 4.04. The van der Waals surface area contributed by atoms with Crippen LogP contribution >= 0.6 is 23.2 Å². The van der Waals surface area contributed by atoms with Crippen LogP contribution in [-0.2, 0) is 22.3 Å². The monoisotopic (exact) mass is 395 g/mol. The number of hydrogen-bond acceptors (Lipinski definition) is 3. The third-order valence-corrected chi connectivity index (χ3v) is 5.46. The van der Waals surface area contributed by atoms with Gasteiger partial charge in [0.05, 0.1) is 24.2 Å². The molecule has 2 aromatic carbocycles. The zero-order chi connectivity index (χ0) is 17.9. The van der Waals surface area contributed by atoms with Crippen LogP contribution in [-0.4, -0.2) is 18.2 Å². The number of sulfonamides is 1. The maximum Gasteiger partial charge on any atom is 0.237 e. The number of hydrogen-bond donors (Lipinski definition) is 1. The van der Waals surface area contributed by atoms with Gasteiger partial charge in [-0.15, -0.1) is 0 Å². The van der Waals surface area contributed by atoms with Gasteiger partial charge in [-0.25, -0.2) is 8.42 Å². The second-order valence-corrected chi connectivity index (χ2v) is 8.01. The van der Waals surface area contributed by atoms with E-state index >= 15 is 0 Å². The van der Waals surface area contributed by atoms with Crippen LogP contribution in [0.15, 0.2) is 60.9 Å². The van der Waals surface area contributed by atoms with Gasteiger partial charge < -0.3 is 0 Å². The van der Waals surface area contributed by atoms with Gasteiger partial charge in [-0.1, -0.05) is 59.6 Å². The van der Waals surface area contributed by atoms with E-state index in [1.54, 1.807) is 53.3 Å². The van der Waals surface area contributed by atoms with Crippen LogP contribution in [0.4, 0.5) is 5.69 Å². The highest BCUT2D eigenvalue weighted by Crippen LogP contribution is 2.25. The van der Waals surface area contributed by atoms with E-state index in [1.165, 1.54) is 6.20 Å². The predicted octanol–water partition coefficient (Wildman–Crippen LogP) is 4.18. The highest BCUT2D eigenvalue weighted by atomic mass is 35.5. The molecule has 0 atom stereocenters. The molecule has 5 nitrogen and oxygen atoms in total. The molecule has 0 aliphatic rings. The van der Waals surface area contributed by atoms with Crippen LogP contribution in [0.5, 0.6) is 0 Å². The fraction of sp³-hybridized carbons (Fsp3) is 0.118. The maximum absolute atomic E-state index is 12.3. The molecule has 1 aromatic heterocycles. The van der Waals surface area contributed by atoms with Crippen molar-refractivity contribution in [3.05, 3.63) is 82.1 Å². The Bertz CT molecular complexity index is 952. The van der Waals surface area contributed by atoms with Crippen molar-refractivity contribution in [3.8, 4) is 0 Å². The molecule has 8 heteroatoms. The minimum absolute atomic E-state index is 0.102. The van der Waals surface area contributed by atoms with Crippen LogP contribution in [0.25, 0.3) is 0 Å². The van der Waals surface area contributed by atoms with E-state index in [0.717, 1.165) is 5.56 Å². The zero-order valence-electron chi connectivity index (χ0n) is 13.1. The highest BCUT2D eigenvalue weighted by Gasteiger charge is 2.13. The summed E-state index contributed by atoms with van der Waals surface area (Å²) in [6.07, 6.45) is 3.05. The van der Waals surface area contributed by atoms with Gasteiger partial charge in [0.2, 0.25) is 10.0 Å². The van der Waals surface area contributed by atoms with Crippen molar-refractivity contribution >= 4 is 38.9 Å². The quantitative estimate of drug-likeness (QED) is 0.680. The molecule has 0 radical (unpaired) electrons. The average Bonchev–Trinajstić information content (AvgIpc) is 2.98. The number of halogens is 2. The average molecular weight is 396 g/mol. The highest BCUT2D eigenvalue weighted by molar-refractivity contribution is 7.91. The maximum atomic E-state index is 12.3. The first-order valence-corrected chi connectivity index (χ1v) is 9.83. The van der Waals surface area contributed by atoms with Gasteiger partial charge in [-0.3, -0.25) is 9.40 Å². The van der Waals surface area contributed by atoms with Gasteiger partial charge in [-0.2, -0.15) is 5.10 Å². The summed E-state index contributed by atoms with van der Waals surface area (Å²) in [5.74, 6) is -0.102. The lowest BCUT2D eigenvalue weighted by Gasteiger charge is -2.07.